The Morgan fingerprint density at radius 1 is 1.50 bits per heavy atom. The minimum atomic E-state index is -0.00907. The van der Waals surface area contributed by atoms with Crippen molar-refractivity contribution in [3.8, 4) is 0 Å². The summed E-state index contributed by atoms with van der Waals surface area (Å²) < 4.78 is 8.92. The Bertz CT molecular complexity index is 384. The zero-order chi connectivity index (χ0) is 13.5. The van der Waals surface area contributed by atoms with Gasteiger partial charge in [-0.05, 0) is 17.5 Å². The van der Waals surface area contributed by atoms with Gasteiger partial charge in [0.2, 0.25) is 0 Å². The van der Waals surface area contributed by atoms with Crippen LogP contribution >= 0.6 is 27.5 Å². The summed E-state index contributed by atoms with van der Waals surface area (Å²) in [5, 5.41) is 4.78. The molecular formula is C11H18BrN3O2S. The van der Waals surface area contributed by atoms with Crippen molar-refractivity contribution in [2.45, 2.75) is 19.8 Å². The third-order valence-corrected chi connectivity index (χ3v) is 3.55. The van der Waals surface area contributed by atoms with Crippen molar-refractivity contribution in [1.29, 1.82) is 0 Å². The molecule has 0 aromatic carbocycles. The van der Waals surface area contributed by atoms with Crippen LogP contribution in [0.25, 0.3) is 0 Å². The van der Waals surface area contributed by atoms with Crippen LogP contribution in [0.5, 0.6) is 0 Å². The van der Waals surface area contributed by atoms with Gasteiger partial charge in [0.05, 0.1) is 12.3 Å². The van der Waals surface area contributed by atoms with Crippen molar-refractivity contribution in [2.75, 3.05) is 32.1 Å². The summed E-state index contributed by atoms with van der Waals surface area (Å²) in [7, 11) is 1.63. The van der Waals surface area contributed by atoms with Crippen LogP contribution in [-0.2, 0) is 4.74 Å². The maximum Gasteiger partial charge on any atom is 0.267 e. The largest absolute Gasteiger partial charge is 0.383 e. The molecule has 1 aromatic heterocycles. The summed E-state index contributed by atoms with van der Waals surface area (Å²) in [6.45, 7) is 5.78. The van der Waals surface area contributed by atoms with E-state index >= 15 is 0 Å². The third kappa shape index (κ3) is 4.00. The lowest BCUT2D eigenvalue weighted by molar-refractivity contribution is 0.0712. The highest BCUT2D eigenvalue weighted by Gasteiger charge is 2.23. The lowest BCUT2D eigenvalue weighted by Gasteiger charge is -2.21. The zero-order valence-electron chi connectivity index (χ0n) is 10.9. The number of amides is 1. The van der Waals surface area contributed by atoms with E-state index in [1.54, 1.807) is 12.0 Å². The van der Waals surface area contributed by atoms with E-state index in [4.69, 9.17) is 4.74 Å². The van der Waals surface area contributed by atoms with Gasteiger partial charge in [0.15, 0.2) is 0 Å². The molecule has 0 aliphatic heterocycles. The molecule has 18 heavy (non-hydrogen) atoms. The van der Waals surface area contributed by atoms with Gasteiger partial charge in [-0.1, -0.05) is 34.3 Å². The number of carbonyl (C=O) groups is 1. The van der Waals surface area contributed by atoms with Crippen LogP contribution in [0.4, 0.5) is 0 Å². The molecule has 0 spiro atoms. The number of nitrogens with zero attached hydrogens (tertiary/aromatic N) is 3. The predicted octanol–water partition coefficient (Wildman–Crippen LogP) is 2.15. The van der Waals surface area contributed by atoms with Gasteiger partial charge in [-0.25, -0.2) is 0 Å². The monoisotopic (exact) mass is 335 g/mol. The summed E-state index contributed by atoms with van der Waals surface area (Å²) in [5.74, 6) is 0.196. The van der Waals surface area contributed by atoms with E-state index in [1.807, 2.05) is 13.8 Å². The fourth-order valence-electron chi connectivity index (χ4n) is 1.49. The Kier molecular flexibility index (Phi) is 6.73. The summed E-state index contributed by atoms with van der Waals surface area (Å²) in [4.78, 5) is 14.8. The number of halogens is 1. The van der Waals surface area contributed by atoms with Crippen molar-refractivity contribution in [1.82, 2.24) is 14.5 Å². The quantitative estimate of drug-likeness (QED) is 0.716. The molecular weight excluding hydrogens is 318 g/mol. The molecule has 0 N–H and O–H groups in total. The molecule has 0 unspecified atom stereocenters. The maximum atomic E-state index is 12.4. The molecule has 7 heteroatoms. The van der Waals surface area contributed by atoms with Gasteiger partial charge < -0.3 is 9.64 Å². The van der Waals surface area contributed by atoms with Gasteiger partial charge >= 0.3 is 0 Å². The van der Waals surface area contributed by atoms with E-state index in [0.717, 1.165) is 11.0 Å². The molecule has 0 aliphatic carbocycles. The molecule has 0 bridgehead atoms. The number of rotatable bonds is 7. The molecule has 5 nitrogen and oxygen atoms in total. The second-order valence-electron chi connectivity index (χ2n) is 4.12. The first kappa shape index (κ1) is 15.5. The number of aromatic nitrogens is 2. The molecule has 0 aliphatic rings. The van der Waals surface area contributed by atoms with Gasteiger partial charge in [-0.2, -0.15) is 0 Å². The number of alkyl halides is 1. The standard InChI is InChI=1S/C11H18BrN3O2S/c1-8(2)9-10(18-14-13-9)11(16)15(5-4-12)6-7-17-3/h8H,4-7H2,1-3H3. The molecule has 1 rings (SSSR count). The summed E-state index contributed by atoms with van der Waals surface area (Å²) in [6, 6.07) is 0. The van der Waals surface area contributed by atoms with Gasteiger partial charge in [0, 0.05) is 25.5 Å². The van der Waals surface area contributed by atoms with Crippen molar-refractivity contribution in [3.05, 3.63) is 10.6 Å². The molecule has 0 radical (unpaired) electrons. The Balaban J connectivity index is 2.84. The first-order valence-corrected chi connectivity index (χ1v) is 7.67. The summed E-state index contributed by atoms with van der Waals surface area (Å²) in [6.07, 6.45) is 0. The van der Waals surface area contributed by atoms with Crippen molar-refractivity contribution >= 4 is 33.4 Å². The van der Waals surface area contributed by atoms with E-state index in [-0.39, 0.29) is 11.8 Å². The molecule has 0 atom stereocenters. The molecule has 1 amide bonds. The normalized spacial score (nSPS) is 10.9. The Hall–Kier alpha value is -0.530. The van der Waals surface area contributed by atoms with E-state index in [1.165, 1.54) is 11.5 Å². The smallest absolute Gasteiger partial charge is 0.267 e. The van der Waals surface area contributed by atoms with E-state index in [9.17, 15) is 4.79 Å². The number of hydrogen-bond donors (Lipinski definition) is 0. The predicted molar refractivity (Wildman–Crippen MR) is 75.6 cm³/mol. The number of methoxy groups -OCH3 is 1. The summed E-state index contributed by atoms with van der Waals surface area (Å²) in [5.41, 5.74) is 0.780. The molecule has 1 aromatic rings. The SMILES string of the molecule is COCCN(CCBr)C(=O)c1snnc1C(C)C. The van der Waals surface area contributed by atoms with Crippen LogP contribution in [0, 0.1) is 0 Å². The first-order valence-electron chi connectivity index (χ1n) is 5.78. The van der Waals surface area contributed by atoms with Crippen molar-refractivity contribution in [2.24, 2.45) is 0 Å². The summed E-state index contributed by atoms with van der Waals surface area (Å²) >= 11 is 4.52. The molecule has 0 saturated carbocycles. The lowest BCUT2D eigenvalue weighted by Crippen LogP contribution is -2.35. The topological polar surface area (TPSA) is 55.3 Å². The van der Waals surface area contributed by atoms with Gasteiger partial charge in [0.1, 0.15) is 4.88 Å². The molecule has 0 fully saturated rings. The Morgan fingerprint density at radius 3 is 2.78 bits per heavy atom. The van der Waals surface area contributed by atoms with Crippen LogP contribution in [0.15, 0.2) is 0 Å². The molecule has 102 valence electrons. The minimum Gasteiger partial charge on any atom is -0.383 e. The van der Waals surface area contributed by atoms with E-state index in [0.29, 0.717) is 24.6 Å². The Labute approximate surface area is 120 Å². The van der Waals surface area contributed by atoms with Crippen molar-refractivity contribution < 1.29 is 9.53 Å². The highest BCUT2D eigenvalue weighted by atomic mass is 79.9. The number of ether oxygens (including phenoxy) is 1. The van der Waals surface area contributed by atoms with Crippen LogP contribution in [0.1, 0.15) is 35.1 Å². The highest BCUT2D eigenvalue weighted by Crippen LogP contribution is 2.21. The van der Waals surface area contributed by atoms with E-state index < -0.39 is 0 Å². The van der Waals surface area contributed by atoms with E-state index in [2.05, 4.69) is 25.5 Å². The average molecular weight is 336 g/mol. The zero-order valence-corrected chi connectivity index (χ0v) is 13.3. The highest BCUT2D eigenvalue weighted by molar-refractivity contribution is 9.09. The maximum absolute atomic E-state index is 12.4. The van der Waals surface area contributed by atoms with Crippen LogP contribution in [0.2, 0.25) is 0 Å². The van der Waals surface area contributed by atoms with Gasteiger partial charge in [0.25, 0.3) is 5.91 Å². The number of hydrogen-bond acceptors (Lipinski definition) is 5. The minimum absolute atomic E-state index is 0.00907. The number of carbonyl (C=O) groups excluding carboxylic acids is 1. The van der Waals surface area contributed by atoms with Crippen molar-refractivity contribution in [3.63, 3.8) is 0 Å². The second kappa shape index (κ2) is 7.81. The fraction of sp³-hybridized carbons (Fsp3) is 0.727. The van der Waals surface area contributed by atoms with Gasteiger partial charge in [-0.3, -0.25) is 4.79 Å². The molecule has 0 saturated heterocycles. The average Bonchev–Trinajstić information content (AvgIpc) is 2.82. The second-order valence-corrected chi connectivity index (χ2v) is 5.66. The molecule has 1 heterocycles. The fourth-order valence-corrected chi connectivity index (χ4v) is 2.70. The third-order valence-electron chi connectivity index (χ3n) is 2.46. The first-order chi connectivity index (χ1) is 8.61. The van der Waals surface area contributed by atoms with Crippen LogP contribution in [0.3, 0.4) is 0 Å². The van der Waals surface area contributed by atoms with Gasteiger partial charge in [-0.15, -0.1) is 5.10 Å². The van der Waals surface area contributed by atoms with Crippen LogP contribution in [-0.4, -0.2) is 52.5 Å². The lowest BCUT2D eigenvalue weighted by atomic mass is 10.1. The Morgan fingerprint density at radius 2 is 2.22 bits per heavy atom. The van der Waals surface area contributed by atoms with Crippen LogP contribution < -0.4 is 0 Å².